The van der Waals surface area contributed by atoms with E-state index in [0.29, 0.717) is 31.9 Å². The maximum atomic E-state index is 15.4. The summed E-state index contributed by atoms with van der Waals surface area (Å²) in [7, 11) is 0. The molecule has 0 spiro atoms. The van der Waals surface area contributed by atoms with E-state index in [-0.39, 0.29) is 16.6 Å². The van der Waals surface area contributed by atoms with E-state index in [0.717, 1.165) is 44.1 Å². The zero-order valence-corrected chi connectivity index (χ0v) is 18.5. The van der Waals surface area contributed by atoms with Crippen molar-refractivity contribution in [1.29, 1.82) is 0 Å². The second-order valence-corrected chi connectivity index (χ2v) is 8.48. The molecule has 2 aromatic carbocycles. The number of halogens is 2. The molecule has 1 aromatic heterocycles. The van der Waals surface area contributed by atoms with E-state index in [1.165, 1.54) is 16.7 Å². The number of hydrogen-bond acceptors (Lipinski definition) is 6. The van der Waals surface area contributed by atoms with Gasteiger partial charge in [0.25, 0.3) is 0 Å². The van der Waals surface area contributed by atoms with Gasteiger partial charge in [-0.15, -0.1) is 0 Å². The van der Waals surface area contributed by atoms with Gasteiger partial charge in [0.2, 0.25) is 5.43 Å². The third kappa shape index (κ3) is 3.99. The van der Waals surface area contributed by atoms with E-state index in [9.17, 15) is 14.7 Å². The third-order valence-corrected chi connectivity index (χ3v) is 6.43. The first kappa shape index (κ1) is 22.3. The summed E-state index contributed by atoms with van der Waals surface area (Å²) in [6, 6.07) is 7.31. The van der Waals surface area contributed by atoms with E-state index in [1.54, 1.807) is 12.1 Å². The van der Waals surface area contributed by atoms with Gasteiger partial charge in [-0.1, -0.05) is 0 Å². The summed E-state index contributed by atoms with van der Waals surface area (Å²) in [5.41, 5.74) is -0.0000488. The lowest BCUT2D eigenvalue weighted by molar-refractivity contribution is 0.0695. The van der Waals surface area contributed by atoms with Crippen molar-refractivity contribution in [2.75, 3.05) is 62.2 Å². The summed E-state index contributed by atoms with van der Waals surface area (Å²) in [6.45, 7) is 5.62. The monoisotopic (exact) mass is 469 g/mol. The molecule has 3 heterocycles. The molecule has 0 bridgehead atoms. The Balaban J connectivity index is 1.69. The number of nitrogens with zero attached hydrogens (tertiary/aromatic N) is 3. The average molecular weight is 469 g/mol. The lowest BCUT2D eigenvalue weighted by Gasteiger charge is -2.30. The van der Waals surface area contributed by atoms with Crippen molar-refractivity contribution in [1.82, 2.24) is 15.2 Å². The van der Waals surface area contributed by atoms with Crippen LogP contribution in [-0.2, 0) is 0 Å². The normalized spacial score (nSPS) is 16.8. The van der Waals surface area contributed by atoms with Gasteiger partial charge in [-0.05, 0) is 30.3 Å². The molecule has 2 saturated heterocycles. The number of hydrogen-bond donors (Lipinski definition) is 3. The van der Waals surface area contributed by atoms with Crippen LogP contribution in [0.1, 0.15) is 10.4 Å². The lowest BCUT2D eigenvalue weighted by atomic mass is 10.1. The van der Waals surface area contributed by atoms with Crippen molar-refractivity contribution in [3.8, 4) is 5.69 Å². The summed E-state index contributed by atoms with van der Waals surface area (Å²) in [6.07, 6.45) is 1.12. The molecule has 0 saturated carbocycles. The number of piperazine rings is 2. The number of nitrogens with one attached hydrogen (secondary N) is 2. The average Bonchev–Trinajstić information content (AvgIpc) is 2.85. The van der Waals surface area contributed by atoms with E-state index in [2.05, 4.69) is 15.5 Å². The van der Waals surface area contributed by atoms with Crippen molar-refractivity contribution in [2.45, 2.75) is 0 Å². The molecule has 10 heteroatoms. The van der Waals surface area contributed by atoms with Gasteiger partial charge in [0.1, 0.15) is 17.2 Å². The molecule has 8 nitrogen and oxygen atoms in total. The summed E-state index contributed by atoms with van der Waals surface area (Å²) in [5.74, 6) is -2.63. The van der Waals surface area contributed by atoms with Crippen molar-refractivity contribution in [3.63, 3.8) is 0 Å². The molecule has 2 aliphatic rings. The van der Waals surface area contributed by atoms with Crippen LogP contribution in [0.2, 0.25) is 0 Å². The highest BCUT2D eigenvalue weighted by Gasteiger charge is 2.22. The summed E-state index contributed by atoms with van der Waals surface area (Å²) in [5, 5.41) is 15.9. The van der Waals surface area contributed by atoms with Gasteiger partial charge in [0.15, 0.2) is 0 Å². The van der Waals surface area contributed by atoms with Gasteiger partial charge in [-0.2, -0.15) is 0 Å². The second kappa shape index (κ2) is 9.03. The highest BCUT2D eigenvalue weighted by atomic mass is 19.1. The van der Waals surface area contributed by atoms with Gasteiger partial charge in [0, 0.05) is 69.6 Å². The first-order valence-electron chi connectivity index (χ1n) is 11.3. The molecule has 0 atom stereocenters. The van der Waals surface area contributed by atoms with Gasteiger partial charge < -0.3 is 30.1 Å². The molecule has 0 unspecified atom stereocenters. The zero-order chi connectivity index (χ0) is 23.8. The summed E-state index contributed by atoms with van der Waals surface area (Å²) in [4.78, 5) is 28.5. The molecule has 0 amide bonds. The number of aromatic nitrogens is 1. The topological polar surface area (TPSA) is 89.8 Å². The minimum absolute atomic E-state index is 0.0873. The predicted molar refractivity (Wildman–Crippen MR) is 127 cm³/mol. The number of rotatable bonds is 4. The molecule has 178 valence electrons. The fourth-order valence-corrected chi connectivity index (χ4v) is 4.64. The second-order valence-electron chi connectivity index (χ2n) is 8.48. The molecule has 2 fully saturated rings. The highest BCUT2D eigenvalue weighted by Crippen LogP contribution is 2.29. The largest absolute Gasteiger partial charge is 0.477 e. The summed E-state index contributed by atoms with van der Waals surface area (Å²) >= 11 is 0. The van der Waals surface area contributed by atoms with Gasteiger partial charge >= 0.3 is 5.97 Å². The molecule has 3 aromatic rings. The van der Waals surface area contributed by atoms with Gasteiger partial charge in [-0.25, -0.2) is 13.6 Å². The number of carbonyl (C=O) groups is 1. The predicted octanol–water partition coefficient (Wildman–Crippen LogP) is 1.79. The minimum Gasteiger partial charge on any atom is -0.477 e. The number of carboxylic acids is 1. The Bertz CT molecular complexity index is 1310. The summed E-state index contributed by atoms with van der Waals surface area (Å²) < 4.78 is 31.8. The Morgan fingerprint density at radius 3 is 2.09 bits per heavy atom. The number of anilines is 2. The Morgan fingerprint density at radius 2 is 1.47 bits per heavy atom. The maximum absolute atomic E-state index is 15.4. The van der Waals surface area contributed by atoms with Crippen LogP contribution in [0, 0.1) is 11.6 Å². The van der Waals surface area contributed by atoms with Crippen LogP contribution in [0.4, 0.5) is 20.2 Å². The van der Waals surface area contributed by atoms with Crippen molar-refractivity contribution in [2.24, 2.45) is 0 Å². The minimum atomic E-state index is -1.45. The van der Waals surface area contributed by atoms with Crippen LogP contribution in [-0.4, -0.2) is 68.0 Å². The quantitative estimate of drug-likeness (QED) is 0.537. The number of carboxylic acid groups (broad SMARTS) is 1. The van der Waals surface area contributed by atoms with Crippen molar-refractivity contribution in [3.05, 3.63) is 63.9 Å². The number of aromatic carboxylic acids is 1. The SMILES string of the molecule is O=C(O)c1cn(-c2ccc(N3CCNCC3)cc2F)c2cc(N3CCNCC3)c(F)cc2c1=O. The molecule has 34 heavy (non-hydrogen) atoms. The van der Waals surface area contributed by atoms with Gasteiger partial charge in [0.05, 0.1) is 16.9 Å². The standard InChI is InChI=1S/C24H25F2N5O3/c25-18-11-15(29-7-3-27-4-8-29)1-2-20(18)31-14-17(24(33)34)23(32)16-12-19(26)22(13-21(16)31)30-9-5-28-6-10-30/h1-2,11-14,27-28H,3-10H2,(H,33,34). The first-order chi connectivity index (χ1) is 16.4. The van der Waals surface area contributed by atoms with E-state index in [1.807, 2.05) is 4.90 Å². The molecule has 2 aliphatic heterocycles. The number of fused-ring (bicyclic) bond motifs is 1. The fourth-order valence-electron chi connectivity index (χ4n) is 4.64. The number of benzene rings is 2. The van der Waals surface area contributed by atoms with Crippen LogP contribution < -0.4 is 25.9 Å². The molecular formula is C24H25F2N5O3. The molecule has 3 N–H and O–H groups in total. The lowest BCUT2D eigenvalue weighted by Crippen LogP contribution is -2.43. The van der Waals surface area contributed by atoms with Crippen molar-refractivity contribution < 1.29 is 18.7 Å². The van der Waals surface area contributed by atoms with Crippen LogP contribution in [0.3, 0.4) is 0 Å². The zero-order valence-electron chi connectivity index (χ0n) is 18.5. The third-order valence-electron chi connectivity index (χ3n) is 6.43. The van der Waals surface area contributed by atoms with Crippen molar-refractivity contribution >= 4 is 28.2 Å². The highest BCUT2D eigenvalue weighted by molar-refractivity contribution is 5.94. The smallest absolute Gasteiger partial charge is 0.341 e. The molecular weight excluding hydrogens is 444 g/mol. The van der Waals surface area contributed by atoms with E-state index in [4.69, 9.17) is 0 Å². The van der Waals surface area contributed by atoms with Gasteiger partial charge in [-0.3, -0.25) is 4.79 Å². The maximum Gasteiger partial charge on any atom is 0.341 e. The van der Waals surface area contributed by atoms with Crippen LogP contribution in [0.5, 0.6) is 0 Å². The Hall–Kier alpha value is -3.50. The Kier molecular flexibility index (Phi) is 5.93. The van der Waals surface area contributed by atoms with Crippen LogP contribution in [0.15, 0.2) is 41.3 Å². The van der Waals surface area contributed by atoms with E-state index >= 15 is 8.78 Å². The van der Waals surface area contributed by atoms with E-state index < -0.39 is 28.6 Å². The number of pyridine rings is 1. The molecule has 5 rings (SSSR count). The first-order valence-corrected chi connectivity index (χ1v) is 11.3. The molecule has 0 aliphatic carbocycles. The Morgan fingerprint density at radius 1 is 0.853 bits per heavy atom. The Labute approximate surface area is 194 Å². The fraction of sp³-hybridized carbons (Fsp3) is 0.333. The molecule has 0 radical (unpaired) electrons. The van der Waals surface area contributed by atoms with Crippen LogP contribution >= 0.6 is 0 Å². The van der Waals surface area contributed by atoms with Crippen LogP contribution in [0.25, 0.3) is 16.6 Å².